The number of aromatic nitrogens is 2. The Morgan fingerprint density at radius 3 is 2.72 bits per heavy atom. The molecule has 1 aliphatic heterocycles. The highest BCUT2D eigenvalue weighted by Crippen LogP contribution is 2.31. The zero-order valence-electron chi connectivity index (χ0n) is 16.9. The fourth-order valence-electron chi connectivity index (χ4n) is 3.37. The number of hydrogen-bond donors (Lipinski definition) is 0. The predicted octanol–water partition coefficient (Wildman–Crippen LogP) is 5.19. The maximum atomic E-state index is 13.3. The number of thioether (sulfide) groups is 2. The number of nitrogens with zero attached hydrogens (tertiary/aromatic N) is 2. The summed E-state index contributed by atoms with van der Waals surface area (Å²) in [6, 6.07) is 14.2. The van der Waals surface area contributed by atoms with Gasteiger partial charge < -0.3 is 4.74 Å². The Balaban J connectivity index is 1.73. The molecule has 0 fully saturated rings. The van der Waals surface area contributed by atoms with Crippen molar-refractivity contribution >= 4 is 23.5 Å². The molecule has 6 heteroatoms. The van der Waals surface area contributed by atoms with Gasteiger partial charge in [-0.3, -0.25) is 9.36 Å². The van der Waals surface area contributed by atoms with E-state index in [1.807, 2.05) is 31.2 Å². The van der Waals surface area contributed by atoms with Crippen molar-refractivity contribution in [2.75, 3.05) is 12.4 Å². The van der Waals surface area contributed by atoms with Crippen LogP contribution in [0.4, 0.5) is 0 Å². The van der Waals surface area contributed by atoms with Crippen molar-refractivity contribution in [3.05, 3.63) is 75.2 Å². The fourth-order valence-corrected chi connectivity index (χ4v) is 5.49. The highest BCUT2D eigenvalue weighted by molar-refractivity contribution is 7.99. The van der Waals surface area contributed by atoms with E-state index in [1.54, 1.807) is 28.1 Å². The summed E-state index contributed by atoms with van der Waals surface area (Å²) in [5.74, 6) is 2.51. The maximum Gasteiger partial charge on any atom is 0.272 e. The predicted molar refractivity (Wildman–Crippen MR) is 121 cm³/mol. The van der Waals surface area contributed by atoms with E-state index < -0.39 is 0 Å². The van der Waals surface area contributed by atoms with Gasteiger partial charge in [-0.25, -0.2) is 4.98 Å². The summed E-state index contributed by atoms with van der Waals surface area (Å²) >= 11 is 3.24. The molecule has 2 aromatic carbocycles. The molecule has 0 atom stereocenters. The van der Waals surface area contributed by atoms with E-state index in [-0.39, 0.29) is 5.56 Å². The molecule has 4 rings (SSSR count). The normalized spacial score (nSPS) is 12.8. The SMILES string of the molecule is CCOc1ccc(-n2c(SCc3cc(C)ccc3C)nc3c(c2=O)SCC3)cc1. The van der Waals surface area contributed by atoms with Crippen LogP contribution in [0.5, 0.6) is 5.75 Å². The van der Waals surface area contributed by atoms with Crippen molar-refractivity contribution in [2.45, 2.75) is 43.0 Å². The van der Waals surface area contributed by atoms with Crippen molar-refractivity contribution < 1.29 is 4.74 Å². The summed E-state index contributed by atoms with van der Waals surface area (Å²) < 4.78 is 7.30. The minimum absolute atomic E-state index is 0.0325. The molecule has 0 N–H and O–H groups in total. The third-order valence-corrected chi connectivity index (χ3v) is 7.03. The Kier molecular flexibility index (Phi) is 6.01. The van der Waals surface area contributed by atoms with Crippen molar-refractivity contribution in [1.29, 1.82) is 0 Å². The molecule has 0 saturated heterocycles. The van der Waals surface area contributed by atoms with Gasteiger partial charge in [-0.15, -0.1) is 11.8 Å². The van der Waals surface area contributed by atoms with Crippen LogP contribution < -0.4 is 10.3 Å². The molecule has 0 bridgehead atoms. The Hall–Kier alpha value is -2.18. The van der Waals surface area contributed by atoms with Gasteiger partial charge in [-0.2, -0.15) is 0 Å². The van der Waals surface area contributed by atoms with Crippen LogP contribution in [-0.4, -0.2) is 21.9 Å². The topological polar surface area (TPSA) is 44.1 Å². The highest BCUT2D eigenvalue weighted by atomic mass is 32.2. The number of hydrogen-bond acceptors (Lipinski definition) is 5. The van der Waals surface area contributed by atoms with Crippen LogP contribution >= 0.6 is 23.5 Å². The lowest BCUT2D eigenvalue weighted by molar-refractivity contribution is 0.340. The minimum atomic E-state index is 0.0325. The van der Waals surface area contributed by atoms with E-state index in [0.717, 1.165) is 45.1 Å². The monoisotopic (exact) mass is 424 g/mol. The van der Waals surface area contributed by atoms with E-state index in [4.69, 9.17) is 9.72 Å². The molecule has 29 heavy (non-hydrogen) atoms. The summed E-state index contributed by atoms with van der Waals surface area (Å²) in [5, 5.41) is 0.751. The molecule has 0 spiro atoms. The van der Waals surface area contributed by atoms with Gasteiger partial charge >= 0.3 is 0 Å². The molecule has 0 unspecified atom stereocenters. The molecule has 150 valence electrons. The van der Waals surface area contributed by atoms with Gasteiger partial charge in [0.2, 0.25) is 0 Å². The van der Waals surface area contributed by atoms with E-state index in [1.165, 1.54) is 16.7 Å². The number of ether oxygens (including phenoxy) is 1. The zero-order chi connectivity index (χ0) is 20.4. The van der Waals surface area contributed by atoms with Crippen LogP contribution in [0.3, 0.4) is 0 Å². The molecule has 1 aliphatic rings. The largest absolute Gasteiger partial charge is 0.494 e. The molecule has 3 aromatic rings. The first-order valence-corrected chi connectivity index (χ1v) is 11.7. The Morgan fingerprint density at radius 2 is 1.97 bits per heavy atom. The second kappa shape index (κ2) is 8.67. The van der Waals surface area contributed by atoms with Crippen LogP contribution in [-0.2, 0) is 12.2 Å². The highest BCUT2D eigenvalue weighted by Gasteiger charge is 2.22. The average Bonchev–Trinajstić information content (AvgIpc) is 3.19. The third kappa shape index (κ3) is 4.23. The second-order valence-electron chi connectivity index (χ2n) is 7.05. The van der Waals surface area contributed by atoms with E-state index in [0.29, 0.717) is 6.61 Å². The first-order chi connectivity index (χ1) is 14.1. The van der Waals surface area contributed by atoms with Crippen molar-refractivity contribution in [1.82, 2.24) is 9.55 Å². The zero-order valence-corrected chi connectivity index (χ0v) is 18.5. The van der Waals surface area contributed by atoms with Gasteiger partial charge in [-0.1, -0.05) is 35.5 Å². The van der Waals surface area contributed by atoms with E-state index in [9.17, 15) is 4.79 Å². The lowest BCUT2D eigenvalue weighted by atomic mass is 10.1. The third-order valence-electron chi connectivity index (χ3n) is 4.93. The van der Waals surface area contributed by atoms with Crippen LogP contribution in [0.2, 0.25) is 0 Å². The molecule has 1 aromatic heterocycles. The van der Waals surface area contributed by atoms with Crippen molar-refractivity contribution in [2.24, 2.45) is 0 Å². The number of benzene rings is 2. The average molecular weight is 425 g/mol. The van der Waals surface area contributed by atoms with E-state index in [2.05, 4.69) is 32.0 Å². The first kappa shape index (κ1) is 20.1. The lowest BCUT2D eigenvalue weighted by Gasteiger charge is -2.15. The Labute approximate surface area is 179 Å². The number of fused-ring (bicyclic) bond motifs is 1. The van der Waals surface area contributed by atoms with Crippen LogP contribution in [0.1, 0.15) is 29.3 Å². The Bertz CT molecular complexity index is 1090. The standard InChI is InChI=1S/C23H24N2O2S2/c1-4-27-19-9-7-18(8-10-19)25-22(26)21-20(11-12-28-21)24-23(25)29-14-17-13-15(2)5-6-16(17)3/h5-10,13H,4,11-12,14H2,1-3H3. The quantitative estimate of drug-likeness (QED) is 0.402. The van der Waals surface area contributed by atoms with Gasteiger partial charge in [-0.05, 0) is 56.2 Å². The summed E-state index contributed by atoms with van der Waals surface area (Å²) in [7, 11) is 0. The maximum absolute atomic E-state index is 13.3. The summed E-state index contributed by atoms with van der Waals surface area (Å²) in [4.78, 5) is 19.0. The van der Waals surface area contributed by atoms with Crippen molar-refractivity contribution in [3.8, 4) is 11.4 Å². The Morgan fingerprint density at radius 1 is 1.17 bits per heavy atom. The van der Waals surface area contributed by atoms with E-state index >= 15 is 0 Å². The summed E-state index contributed by atoms with van der Waals surface area (Å²) in [5.41, 5.74) is 5.57. The number of rotatable bonds is 6. The molecular formula is C23H24N2O2S2. The second-order valence-corrected chi connectivity index (χ2v) is 9.10. The van der Waals surface area contributed by atoms with Crippen LogP contribution in [0, 0.1) is 13.8 Å². The summed E-state index contributed by atoms with van der Waals surface area (Å²) in [6.07, 6.45) is 0.858. The minimum Gasteiger partial charge on any atom is -0.494 e. The molecule has 2 heterocycles. The smallest absolute Gasteiger partial charge is 0.272 e. The number of aryl methyl sites for hydroxylation is 3. The molecule has 0 amide bonds. The fraction of sp³-hybridized carbons (Fsp3) is 0.304. The van der Waals surface area contributed by atoms with Gasteiger partial charge in [0.15, 0.2) is 5.16 Å². The van der Waals surface area contributed by atoms with Crippen molar-refractivity contribution in [3.63, 3.8) is 0 Å². The van der Waals surface area contributed by atoms with Crippen LogP contribution in [0.15, 0.2) is 57.3 Å². The lowest BCUT2D eigenvalue weighted by Crippen LogP contribution is -2.23. The van der Waals surface area contributed by atoms with Crippen LogP contribution in [0.25, 0.3) is 5.69 Å². The molecule has 0 radical (unpaired) electrons. The molecular weight excluding hydrogens is 400 g/mol. The van der Waals surface area contributed by atoms with Gasteiger partial charge in [0.25, 0.3) is 5.56 Å². The van der Waals surface area contributed by atoms with Gasteiger partial charge in [0, 0.05) is 17.9 Å². The first-order valence-electron chi connectivity index (χ1n) is 9.77. The molecule has 0 saturated carbocycles. The summed E-state index contributed by atoms with van der Waals surface area (Å²) in [6.45, 7) is 6.81. The van der Waals surface area contributed by atoms with Gasteiger partial charge in [0.1, 0.15) is 5.75 Å². The molecule has 0 aliphatic carbocycles. The van der Waals surface area contributed by atoms with Gasteiger partial charge in [0.05, 0.1) is 22.9 Å². The molecule has 4 nitrogen and oxygen atoms in total.